The van der Waals surface area contributed by atoms with E-state index in [1.54, 1.807) is 12.1 Å². The molecule has 1 aliphatic carbocycles. The van der Waals surface area contributed by atoms with E-state index in [-0.39, 0.29) is 23.8 Å². The number of phenols is 1. The maximum absolute atomic E-state index is 12.5. The molecule has 3 nitrogen and oxygen atoms in total. The summed E-state index contributed by atoms with van der Waals surface area (Å²) in [7, 11) is 0. The minimum Gasteiger partial charge on any atom is -0.508 e. The van der Waals surface area contributed by atoms with E-state index in [4.69, 9.17) is 0 Å². The molecule has 3 fully saturated rings. The summed E-state index contributed by atoms with van der Waals surface area (Å²) >= 11 is 0. The molecule has 124 valence electrons. The van der Waals surface area contributed by atoms with Gasteiger partial charge in [-0.25, -0.2) is 0 Å². The van der Waals surface area contributed by atoms with Crippen LogP contribution in [-0.2, 0) is 11.2 Å². The molecule has 2 aliphatic heterocycles. The summed E-state index contributed by atoms with van der Waals surface area (Å²) in [5.74, 6) is 0.723. The fraction of sp³-hybridized carbons (Fsp3) is 0.381. The van der Waals surface area contributed by atoms with Crippen molar-refractivity contribution >= 4 is 11.5 Å². The van der Waals surface area contributed by atoms with E-state index in [1.165, 1.54) is 11.3 Å². The number of hydrogen-bond acceptors (Lipinski definition) is 3. The third-order valence-electron chi connectivity index (χ3n) is 5.61. The molecule has 0 aromatic heterocycles. The van der Waals surface area contributed by atoms with Crippen molar-refractivity contribution in [2.45, 2.75) is 44.7 Å². The normalized spacial score (nSPS) is 26.0. The molecule has 3 unspecified atom stereocenters. The third-order valence-corrected chi connectivity index (χ3v) is 5.61. The average molecular weight is 321 g/mol. The molecule has 2 aromatic rings. The molecule has 2 aromatic carbocycles. The lowest BCUT2D eigenvalue weighted by Gasteiger charge is -2.52. The van der Waals surface area contributed by atoms with E-state index in [1.807, 2.05) is 12.1 Å². The first-order valence-electron chi connectivity index (χ1n) is 8.86. The highest BCUT2D eigenvalue weighted by atomic mass is 16.3. The zero-order valence-electron chi connectivity index (χ0n) is 14.0. The van der Waals surface area contributed by atoms with E-state index in [0.717, 1.165) is 24.8 Å². The van der Waals surface area contributed by atoms with Crippen LogP contribution in [0.5, 0.6) is 5.75 Å². The molecule has 0 amide bonds. The number of carbonyl (C=O) groups is 1. The Hall–Kier alpha value is -2.29. The summed E-state index contributed by atoms with van der Waals surface area (Å²) in [6, 6.07) is 16.5. The number of Topliss-reactive ketones (excluding diaryl/α,β-unsaturated/α-hetero) is 1. The van der Waals surface area contributed by atoms with Crippen molar-refractivity contribution in [2.24, 2.45) is 5.92 Å². The van der Waals surface area contributed by atoms with Crippen LogP contribution in [0.3, 0.4) is 0 Å². The molecule has 1 saturated carbocycles. The second-order valence-corrected chi connectivity index (χ2v) is 6.97. The molecule has 24 heavy (non-hydrogen) atoms. The van der Waals surface area contributed by atoms with Crippen LogP contribution < -0.4 is 4.90 Å². The van der Waals surface area contributed by atoms with E-state index >= 15 is 0 Å². The highest BCUT2D eigenvalue weighted by Gasteiger charge is 2.47. The van der Waals surface area contributed by atoms with Gasteiger partial charge in [0.15, 0.2) is 0 Å². The number of phenolic OH excluding ortho intramolecular Hbond substituents is 1. The standard InChI is InChI=1S/C21H23NO2/c1-2-14-3-7-16(8-4-14)22-17-9-12-19(20(24)13-17)21(22)15-5-10-18(23)11-6-15/h3-8,10-11,17,19,21,23H,2,9,12-13H2,1H3. The highest BCUT2D eigenvalue weighted by Crippen LogP contribution is 2.48. The highest BCUT2D eigenvalue weighted by molar-refractivity contribution is 5.86. The van der Waals surface area contributed by atoms with Gasteiger partial charge < -0.3 is 10.0 Å². The second kappa shape index (κ2) is 5.97. The Morgan fingerprint density at radius 2 is 1.75 bits per heavy atom. The Bertz CT molecular complexity index is 735. The lowest BCUT2D eigenvalue weighted by atomic mass is 9.71. The Balaban J connectivity index is 1.76. The summed E-state index contributed by atoms with van der Waals surface area (Å²) in [4.78, 5) is 15.0. The lowest BCUT2D eigenvalue weighted by molar-refractivity contribution is -0.128. The molecule has 5 rings (SSSR count). The Labute approximate surface area is 142 Å². The minimum atomic E-state index is 0.0606. The SMILES string of the molecule is CCc1ccc(N2C3CCC(C(=O)C3)C2c2ccc(O)cc2)cc1. The fourth-order valence-electron chi connectivity index (χ4n) is 4.35. The number of aryl methyl sites for hydroxylation is 1. The van der Waals surface area contributed by atoms with Gasteiger partial charge in [-0.1, -0.05) is 31.2 Å². The molecule has 2 heterocycles. The first-order valence-corrected chi connectivity index (χ1v) is 8.86. The van der Waals surface area contributed by atoms with Gasteiger partial charge in [0.2, 0.25) is 0 Å². The topological polar surface area (TPSA) is 40.5 Å². The predicted octanol–water partition coefficient (Wildman–Crippen LogP) is 4.25. The number of benzene rings is 2. The van der Waals surface area contributed by atoms with Gasteiger partial charge in [-0.15, -0.1) is 0 Å². The Kier molecular flexibility index (Phi) is 3.79. The number of rotatable bonds is 3. The van der Waals surface area contributed by atoms with Crippen LogP contribution in [0.25, 0.3) is 0 Å². The van der Waals surface area contributed by atoms with Crippen LogP contribution in [0, 0.1) is 5.92 Å². The fourth-order valence-corrected chi connectivity index (χ4v) is 4.35. The number of aromatic hydroxyl groups is 1. The van der Waals surface area contributed by atoms with Gasteiger partial charge in [0, 0.05) is 24.1 Å². The second-order valence-electron chi connectivity index (χ2n) is 6.97. The third kappa shape index (κ3) is 2.48. The molecular weight excluding hydrogens is 298 g/mol. The first-order chi connectivity index (χ1) is 11.7. The molecular formula is C21H23NO2. The van der Waals surface area contributed by atoms with Crippen LogP contribution in [0.1, 0.15) is 43.4 Å². The summed E-state index contributed by atoms with van der Waals surface area (Å²) in [6.07, 6.45) is 3.75. The smallest absolute Gasteiger partial charge is 0.140 e. The lowest BCUT2D eigenvalue weighted by Crippen LogP contribution is -2.54. The number of hydrogen-bond donors (Lipinski definition) is 1. The summed E-state index contributed by atoms with van der Waals surface area (Å²) in [5, 5.41) is 9.60. The number of fused-ring (bicyclic) bond motifs is 3. The van der Waals surface area contributed by atoms with Crippen LogP contribution in [0.4, 0.5) is 5.69 Å². The van der Waals surface area contributed by atoms with E-state index < -0.39 is 0 Å². The Morgan fingerprint density at radius 1 is 1.04 bits per heavy atom. The summed E-state index contributed by atoms with van der Waals surface area (Å²) in [6.45, 7) is 2.16. The van der Waals surface area contributed by atoms with Gasteiger partial charge in [-0.2, -0.15) is 0 Å². The maximum atomic E-state index is 12.5. The van der Waals surface area contributed by atoms with Gasteiger partial charge in [-0.3, -0.25) is 4.79 Å². The molecule has 2 bridgehead atoms. The van der Waals surface area contributed by atoms with Gasteiger partial charge in [0.25, 0.3) is 0 Å². The zero-order valence-corrected chi connectivity index (χ0v) is 14.0. The maximum Gasteiger partial charge on any atom is 0.140 e. The van der Waals surface area contributed by atoms with Crippen LogP contribution in [0.15, 0.2) is 48.5 Å². The van der Waals surface area contributed by atoms with Crippen molar-refractivity contribution in [3.63, 3.8) is 0 Å². The predicted molar refractivity (Wildman–Crippen MR) is 95.3 cm³/mol. The number of nitrogens with zero attached hydrogens (tertiary/aromatic N) is 1. The van der Waals surface area contributed by atoms with E-state index in [0.29, 0.717) is 12.2 Å². The largest absolute Gasteiger partial charge is 0.508 e. The Morgan fingerprint density at radius 3 is 2.38 bits per heavy atom. The van der Waals surface area contributed by atoms with Crippen molar-refractivity contribution in [3.8, 4) is 5.75 Å². The number of ketones is 1. The zero-order chi connectivity index (χ0) is 16.7. The van der Waals surface area contributed by atoms with Crippen LogP contribution in [-0.4, -0.2) is 16.9 Å². The van der Waals surface area contributed by atoms with Crippen molar-refractivity contribution in [3.05, 3.63) is 59.7 Å². The molecule has 0 spiro atoms. The quantitative estimate of drug-likeness (QED) is 0.918. The molecule has 3 aliphatic rings. The first kappa shape index (κ1) is 15.3. The molecule has 1 N–H and O–H groups in total. The van der Waals surface area contributed by atoms with E-state index in [2.05, 4.69) is 36.1 Å². The van der Waals surface area contributed by atoms with Gasteiger partial charge in [0.05, 0.1) is 6.04 Å². The minimum absolute atomic E-state index is 0.0606. The molecule has 3 heteroatoms. The number of carbonyl (C=O) groups excluding carboxylic acids is 1. The number of anilines is 1. The number of piperidine rings is 2. The van der Waals surface area contributed by atoms with Gasteiger partial charge in [0.1, 0.15) is 11.5 Å². The van der Waals surface area contributed by atoms with Crippen molar-refractivity contribution in [1.82, 2.24) is 0 Å². The van der Waals surface area contributed by atoms with Crippen LogP contribution >= 0.6 is 0 Å². The van der Waals surface area contributed by atoms with Crippen molar-refractivity contribution in [1.29, 1.82) is 0 Å². The monoisotopic (exact) mass is 321 g/mol. The van der Waals surface area contributed by atoms with E-state index in [9.17, 15) is 9.90 Å². The molecule has 0 radical (unpaired) electrons. The summed E-state index contributed by atoms with van der Waals surface area (Å²) in [5.41, 5.74) is 3.65. The molecule has 3 atom stereocenters. The average Bonchev–Trinajstić information content (AvgIpc) is 2.62. The molecule has 2 saturated heterocycles. The summed E-state index contributed by atoms with van der Waals surface area (Å²) < 4.78 is 0. The van der Waals surface area contributed by atoms with Gasteiger partial charge >= 0.3 is 0 Å². The van der Waals surface area contributed by atoms with Crippen molar-refractivity contribution in [2.75, 3.05) is 4.90 Å². The van der Waals surface area contributed by atoms with Gasteiger partial charge in [-0.05, 0) is 54.7 Å². The van der Waals surface area contributed by atoms with Crippen LogP contribution in [0.2, 0.25) is 0 Å². The van der Waals surface area contributed by atoms with Crippen molar-refractivity contribution < 1.29 is 9.90 Å².